The van der Waals surface area contributed by atoms with Crippen LogP contribution < -0.4 is 9.47 Å². The van der Waals surface area contributed by atoms with Crippen molar-refractivity contribution in [2.45, 2.75) is 12.5 Å². The number of benzene rings is 1. The number of rotatable bonds is 11. The first kappa shape index (κ1) is 24.7. The SMILES string of the molecule is COCCN(CC(=O)N1N=C(c2cccs2)C[C@H]1c1cc(OC)ccc1OC)C(=O)COC. The molecule has 0 saturated carbocycles. The van der Waals surface area contributed by atoms with Gasteiger partial charge in [-0.05, 0) is 29.6 Å². The zero-order valence-corrected chi connectivity index (χ0v) is 20.1. The first-order chi connectivity index (χ1) is 16.0. The molecular weight excluding hydrogens is 446 g/mol. The van der Waals surface area contributed by atoms with Crippen LogP contribution in [0, 0.1) is 0 Å². The fourth-order valence-electron chi connectivity index (χ4n) is 3.62. The number of hydrazone groups is 1. The highest BCUT2D eigenvalue weighted by molar-refractivity contribution is 7.12. The van der Waals surface area contributed by atoms with E-state index >= 15 is 0 Å². The van der Waals surface area contributed by atoms with Gasteiger partial charge in [0.15, 0.2) is 0 Å². The van der Waals surface area contributed by atoms with Crippen LogP contribution in [-0.4, -0.2) is 82.2 Å². The highest BCUT2D eigenvalue weighted by Gasteiger charge is 2.36. The van der Waals surface area contributed by atoms with Crippen molar-refractivity contribution in [1.29, 1.82) is 0 Å². The number of methoxy groups -OCH3 is 4. The van der Waals surface area contributed by atoms with Crippen molar-refractivity contribution in [2.75, 3.05) is 54.7 Å². The highest BCUT2D eigenvalue weighted by Crippen LogP contribution is 2.39. The molecule has 1 atom stereocenters. The van der Waals surface area contributed by atoms with E-state index in [-0.39, 0.29) is 31.5 Å². The molecule has 178 valence electrons. The van der Waals surface area contributed by atoms with E-state index in [0.29, 0.717) is 24.5 Å². The zero-order valence-electron chi connectivity index (χ0n) is 19.3. The van der Waals surface area contributed by atoms with Gasteiger partial charge in [-0.3, -0.25) is 9.59 Å². The van der Waals surface area contributed by atoms with Gasteiger partial charge in [-0.15, -0.1) is 11.3 Å². The second-order valence-corrected chi connectivity index (χ2v) is 8.28. The molecule has 0 bridgehead atoms. The Morgan fingerprint density at radius 2 is 1.97 bits per heavy atom. The predicted octanol–water partition coefficient (Wildman–Crippen LogP) is 2.56. The maximum absolute atomic E-state index is 13.5. The fraction of sp³-hybridized carbons (Fsp3) is 0.435. The van der Waals surface area contributed by atoms with E-state index in [2.05, 4.69) is 5.10 Å². The number of thiophene rings is 1. The summed E-state index contributed by atoms with van der Waals surface area (Å²) in [7, 11) is 6.16. The van der Waals surface area contributed by atoms with E-state index in [1.807, 2.05) is 29.6 Å². The summed E-state index contributed by atoms with van der Waals surface area (Å²) < 4.78 is 21.1. The summed E-state index contributed by atoms with van der Waals surface area (Å²) in [6.45, 7) is 0.315. The van der Waals surface area contributed by atoms with Gasteiger partial charge in [0.1, 0.15) is 24.7 Å². The predicted molar refractivity (Wildman–Crippen MR) is 125 cm³/mol. The summed E-state index contributed by atoms with van der Waals surface area (Å²) in [6, 6.07) is 9.00. The molecule has 0 spiro atoms. The molecule has 10 heteroatoms. The smallest absolute Gasteiger partial charge is 0.262 e. The average molecular weight is 476 g/mol. The molecule has 0 saturated heterocycles. The summed E-state index contributed by atoms with van der Waals surface area (Å²) in [5.41, 5.74) is 1.59. The van der Waals surface area contributed by atoms with Crippen LogP contribution in [0.5, 0.6) is 11.5 Å². The molecule has 0 fully saturated rings. The Morgan fingerprint density at radius 3 is 2.61 bits per heavy atom. The molecule has 1 aliphatic heterocycles. The van der Waals surface area contributed by atoms with Crippen molar-refractivity contribution in [3.8, 4) is 11.5 Å². The quantitative estimate of drug-likeness (QED) is 0.496. The van der Waals surface area contributed by atoms with Crippen LogP contribution in [0.3, 0.4) is 0 Å². The Labute approximate surface area is 197 Å². The standard InChI is InChI=1S/C23H29N3O6S/c1-29-10-9-25(23(28)15-30-2)14-22(27)26-19(13-18(24-26)21-6-5-11-33-21)17-12-16(31-3)7-8-20(17)32-4/h5-8,11-12,19H,9-10,13-15H2,1-4H3/t19-/m0/s1. The largest absolute Gasteiger partial charge is 0.497 e. The van der Waals surface area contributed by atoms with E-state index in [1.54, 1.807) is 38.7 Å². The minimum absolute atomic E-state index is 0.117. The van der Waals surface area contributed by atoms with E-state index in [0.717, 1.165) is 16.2 Å². The maximum Gasteiger partial charge on any atom is 0.262 e. The third-order valence-corrected chi connectivity index (χ3v) is 6.20. The van der Waals surface area contributed by atoms with Crippen LogP contribution in [-0.2, 0) is 19.1 Å². The summed E-state index contributed by atoms with van der Waals surface area (Å²) >= 11 is 1.56. The Kier molecular flexibility index (Phi) is 8.81. The first-order valence-corrected chi connectivity index (χ1v) is 11.3. The van der Waals surface area contributed by atoms with Crippen molar-refractivity contribution >= 4 is 28.9 Å². The van der Waals surface area contributed by atoms with Gasteiger partial charge in [0.05, 0.1) is 37.5 Å². The normalized spacial score (nSPS) is 15.3. The van der Waals surface area contributed by atoms with Gasteiger partial charge < -0.3 is 23.8 Å². The molecule has 1 aromatic heterocycles. The fourth-order valence-corrected chi connectivity index (χ4v) is 4.34. The van der Waals surface area contributed by atoms with Gasteiger partial charge in [-0.25, -0.2) is 5.01 Å². The Bertz CT molecular complexity index is 979. The lowest BCUT2D eigenvalue weighted by Gasteiger charge is -2.27. The van der Waals surface area contributed by atoms with Gasteiger partial charge in [-0.1, -0.05) is 6.07 Å². The van der Waals surface area contributed by atoms with Gasteiger partial charge >= 0.3 is 0 Å². The minimum Gasteiger partial charge on any atom is -0.497 e. The third kappa shape index (κ3) is 5.89. The lowest BCUT2D eigenvalue weighted by molar-refractivity contribution is -0.144. The van der Waals surface area contributed by atoms with E-state index < -0.39 is 6.04 Å². The molecule has 0 N–H and O–H groups in total. The molecule has 33 heavy (non-hydrogen) atoms. The van der Waals surface area contributed by atoms with Crippen molar-refractivity contribution in [3.63, 3.8) is 0 Å². The van der Waals surface area contributed by atoms with Crippen molar-refractivity contribution in [2.24, 2.45) is 5.10 Å². The first-order valence-electron chi connectivity index (χ1n) is 10.4. The van der Waals surface area contributed by atoms with Gasteiger partial charge in [0, 0.05) is 32.7 Å². The number of nitrogens with zero attached hydrogens (tertiary/aromatic N) is 3. The molecule has 3 rings (SSSR count). The highest BCUT2D eigenvalue weighted by atomic mass is 32.1. The monoisotopic (exact) mass is 475 g/mol. The molecular formula is C23H29N3O6S. The van der Waals surface area contributed by atoms with Gasteiger partial charge in [0.25, 0.3) is 5.91 Å². The summed E-state index contributed by atoms with van der Waals surface area (Å²) in [5, 5.41) is 8.09. The number of carbonyl (C=O) groups is 2. The van der Waals surface area contributed by atoms with Gasteiger partial charge in [0.2, 0.25) is 5.91 Å². The van der Waals surface area contributed by atoms with Crippen LogP contribution in [0.25, 0.3) is 0 Å². The molecule has 0 radical (unpaired) electrons. The Hall–Kier alpha value is -2.95. The molecule has 9 nitrogen and oxygen atoms in total. The maximum atomic E-state index is 13.5. The summed E-state index contributed by atoms with van der Waals surface area (Å²) in [6.07, 6.45) is 0.514. The Morgan fingerprint density at radius 1 is 1.15 bits per heavy atom. The van der Waals surface area contributed by atoms with E-state index in [9.17, 15) is 9.59 Å². The van der Waals surface area contributed by atoms with Crippen molar-refractivity contribution in [3.05, 3.63) is 46.2 Å². The lowest BCUT2D eigenvalue weighted by Crippen LogP contribution is -2.44. The summed E-state index contributed by atoms with van der Waals surface area (Å²) in [4.78, 5) is 28.4. The van der Waals surface area contributed by atoms with Crippen LogP contribution in [0.15, 0.2) is 40.8 Å². The van der Waals surface area contributed by atoms with Crippen molar-refractivity contribution in [1.82, 2.24) is 9.91 Å². The Balaban J connectivity index is 1.94. The summed E-state index contributed by atoms with van der Waals surface area (Å²) in [5.74, 6) is 0.685. The topological polar surface area (TPSA) is 89.9 Å². The number of hydrogen-bond acceptors (Lipinski definition) is 8. The van der Waals surface area contributed by atoms with E-state index in [4.69, 9.17) is 18.9 Å². The zero-order chi connectivity index (χ0) is 23.8. The molecule has 1 aromatic carbocycles. The van der Waals surface area contributed by atoms with Crippen LogP contribution in [0.1, 0.15) is 22.9 Å². The second kappa shape index (κ2) is 11.8. The van der Waals surface area contributed by atoms with Crippen LogP contribution in [0.4, 0.5) is 0 Å². The molecule has 2 aromatic rings. The average Bonchev–Trinajstić information content (AvgIpc) is 3.51. The van der Waals surface area contributed by atoms with Gasteiger partial charge in [-0.2, -0.15) is 5.10 Å². The molecule has 0 unspecified atom stereocenters. The third-order valence-electron chi connectivity index (χ3n) is 5.28. The van der Waals surface area contributed by atoms with E-state index in [1.165, 1.54) is 17.0 Å². The minimum atomic E-state index is -0.401. The van der Waals surface area contributed by atoms with Crippen molar-refractivity contribution < 1.29 is 28.5 Å². The number of carbonyl (C=O) groups excluding carboxylic acids is 2. The lowest BCUT2D eigenvalue weighted by atomic mass is 9.99. The second-order valence-electron chi connectivity index (χ2n) is 7.33. The molecule has 0 aliphatic carbocycles. The molecule has 2 amide bonds. The number of hydrogen-bond donors (Lipinski definition) is 0. The molecule has 2 heterocycles. The van der Waals surface area contributed by atoms with Crippen LogP contribution >= 0.6 is 11.3 Å². The number of ether oxygens (including phenoxy) is 4. The van der Waals surface area contributed by atoms with Crippen LogP contribution in [0.2, 0.25) is 0 Å². The molecule has 1 aliphatic rings. The number of amides is 2.